The molecular weight excluding hydrogens is 296 g/mol. The van der Waals surface area contributed by atoms with E-state index >= 15 is 0 Å². The monoisotopic (exact) mass is 306 g/mol. The van der Waals surface area contributed by atoms with Crippen LogP contribution in [0.5, 0.6) is 0 Å². The Morgan fingerprint density at radius 3 is 2.30 bits per heavy atom. The van der Waals surface area contributed by atoms with Gasteiger partial charge in [0.25, 0.3) is 0 Å². The van der Waals surface area contributed by atoms with Crippen molar-refractivity contribution < 1.29 is 24.1 Å². The molecule has 0 fully saturated rings. The van der Waals surface area contributed by atoms with Crippen LogP contribution in [0.25, 0.3) is 0 Å². The Bertz CT molecular complexity index is 201. The van der Waals surface area contributed by atoms with Crippen molar-refractivity contribution in [3.63, 3.8) is 0 Å². The molecule has 0 aliphatic heterocycles. The number of carbonyl (C=O) groups is 1. The Labute approximate surface area is 72.2 Å². The van der Waals surface area contributed by atoms with Gasteiger partial charge in [-0.1, -0.05) is 0 Å². The number of hydrogen-bond donors (Lipinski definition) is 0. The number of rotatable bonds is 3. The molecule has 0 aliphatic carbocycles. The fourth-order valence-electron chi connectivity index (χ4n) is 0.367. The third-order valence-corrected chi connectivity index (χ3v) is 2.48. The Hall–Kier alpha value is -0.292. The number of hydrogen-bond acceptors (Lipinski definition) is 1. The Morgan fingerprint density at radius 2 is 2.00 bits per heavy atom. The van der Waals surface area contributed by atoms with Crippen molar-refractivity contribution in [3.8, 4) is 0 Å². The molecule has 0 saturated carbocycles. The second-order valence-electron chi connectivity index (χ2n) is 2.01. The minimum atomic E-state index is 0.149. The van der Waals surface area contributed by atoms with Gasteiger partial charge in [-0.2, -0.15) is 0 Å². The molecule has 1 nitrogen and oxygen atoms in total. The molecule has 0 saturated heterocycles. The minimum absolute atomic E-state index is 0.149. The van der Waals surface area contributed by atoms with Crippen LogP contribution >= 0.6 is 0 Å². The topological polar surface area (TPSA) is 17.1 Å². The van der Waals surface area contributed by atoms with Crippen LogP contribution in [0, 0.1) is 0 Å². The van der Waals surface area contributed by atoms with Crippen LogP contribution < -0.4 is 0 Å². The Kier molecular flexibility index (Phi) is 4.38. The number of Topliss-reactive ketones (excluding diaryl/α,β-unsaturated/α-hetero) is 1. The Balaban J connectivity index is 4.27. The molecule has 0 aromatic heterocycles. The normalized spacial score (nSPS) is 10.8. The summed E-state index contributed by atoms with van der Waals surface area (Å²) in [5.74, 6) is 0.149. The third-order valence-electron chi connectivity index (χ3n) is 1.03. The van der Waals surface area contributed by atoms with E-state index in [2.05, 4.69) is 6.58 Å². The molecule has 0 aromatic rings. The summed E-state index contributed by atoms with van der Waals surface area (Å²) in [6, 6.07) is 0. The van der Waals surface area contributed by atoms with Crippen molar-refractivity contribution in [1.82, 2.24) is 0 Å². The van der Waals surface area contributed by atoms with Gasteiger partial charge in [0.05, 0.1) is 0 Å². The molecule has 0 heterocycles. The summed E-state index contributed by atoms with van der Waals surface area (Å²) in [5, 5.41) is 0. The third kappa shape index (κ3) is 3.68. The first kappa shape index (κ1) is 9.71. The van der Waals surface area contributed by atoms with E-state index in [4.69, 9.17) is 0 Å². The maximum atomic E-state index is 10.7. The molecule has 10 heavy (non-hydrogen) atoms. The zero-order valence-corrected chi connectivity index (χ0v) is 9.11. The zero-order chi connectivity index (χ0) is 8.15. The van der Waals surface area contributed by atoms with E-state index in [1.807, 2.05) is 13.0 Å². The molecule has 0 N–H and O–H groups in total. The van der Waals surface area contributed by atoms with Crippen molar-refractivity contribution in [1.29, 1.82) is 0 Å². The van der Waals surface area contributed by atoms with Gasteiger partial charge in [0.15, 0.2) is 0 Å². The average Bonchev–Trinajstić information content (AvgIpc) is 1.87. The molecular formula is C8H10OW. The van der Waals surface area contributed by atoms with Crippen molar-refractivity contribution in [2.45, 2.75) is 13.8 Å². The van der Waals surface area contributed by atoms with Crippen LogP contribution in [-0.4, -0.2) is 9.68 Å². The second kappa shape index (κ2) is 4.51. The molecule has 0 aromatic carbocycles. The molecule has 0 amide bonds. The first-order valence-corrected chi connectivity index (χ1v) is 4.40. The van der Waals surface area contributed by atoms with Gasteiger partial charge in [0, 0.05) is 0 Å². The van der Waals surface area contributed by atoms with Gasteiger partial charge in [0.2, 0.25) is 0 Å². The van der Waals surface area contributed by atoms with Crippen LogP contribution in [0.3, 0.4) is 0 Å². The van der Waals surface area contributed by atoms with Crippen LogP contribution in [0.2, 0.25) is 0 Å². The van der Waals surface area contributed by atoms with Gasteiger partial charge >= 0.3 is 72.0 Å². The molecule has 0 radical (unpaired) electrons. The molecule has 0 atom stereocenters. The van der Waals surface area contributed by atoms with E-state index in [1.165, 1.54) is 19.4 Å². The van der Waals surface area contributed by atoms with Crippen LogP contribution in [0.1, 0.15) is 13.8 Å². The van der Waals surface area contributed by atoms with Gasteiger partial charge in [-0.25, -0.2) is 0 Å². The second-order valence-corrected chi connectivity index (χ2v) is 3.59. The number of ketones is 1. The summed E-state index contributed by atoms with van der Waals surface area (Å²) in [7, 11) is 0. The van der Waals surface area contributed by atoms with Gasteiger partial charge in [0.1, 0.15) is 0 Å². The predicted molar refractivity (Wildman–Crippen MR) is 39.6 cm³/mol. The summed E-state index contributed by atoms with van der Waals surface area (Å²) in [4.78, 5) is 10.7. The van der Waals surface area contributed by atoms with Crippen molar-refractivity contribution in [2.75, 3.05) is 0 Å². The standard InChI is InChI=1S/C8H10O.W/c1-4-7(2)5-6-8(3)9;/h4-5H,1H2,2-3H3;. The van der Waals surface area contributed by atoms with E-state index in [1.54, 1.807) is 13.0 Å². The predicted octanol–water partition coefficient (Wildman–Crippen LogP) is 1.43. The summed E-state index contributed by atoms with van der Waals surface area (Å²) in [6.07, 6.45) is 3.61. The van der Waals surface area contributed by atoms with E-state index in [0.29, 0.717) is 0 Å². The summed E-state index contributed by atoms with van der Waals surface area (Å²) in [5.41, 5.74) is 1.04. The quantitative estimate of drug-likeness (QED) is 0.721. The molecule has 0 aliphatic rings. The van der Waals surface area contributed by atoms with Crippen molar-refractivity contribution >= 4 is 9.68 Å². The molecule has 0 unspecified atom stereocenters. The van der Waals surface area contributed by atoms with E-state index in [9.17, 15) is 4.79 Å². The SMILES string of the molecule is C=CC(C)=C[C](=[W])C(C)=O. The van der Waals surface area contributed by atoms with Crippen molar-refractivity contribution in [3.05, 3.63) is 24.3 Å². The van der Waals surface area contributed by atoms with Crippen LogP contribution in [0.4, 0.5) is 0 Å². The fourth-order valence-corrected chi connectivity index (χ4v) is 1.04. The number of allylic oxidation sites excluding steroid dienone is 3. The fraction of sp³-hybridized carbons (Fsp3) is 0.250. The first-order valence-electron chi connectivity index (χ1n) is 2.93. The van der Waals surface area contributed by atoms with E-state index in [0.717, 1.165) is 9.47 Å². The molecule has 0 bridgehead atoms. The maximum absolute atomic E-state index is 10.7. The van der Waals surface area contributed by atoms with E-state index < -0.39 is 0 Å². The van der Waals surface area contributed by atoms with Gasteiger partial charge < -0.3 is 0 Å². The Morgan fingerprint density at radius 1 is 1.50 bits per heavy atom. The van der Waals surface area contributed by atoms with Gasteiger partial charge in [-0.15, -0.1) is 0 Å². The van der Waals surface area contributed by atoms with Gasteiger partial charge in [-0.05, 0) is 0 Å². The average molecular weight is 306 g/mol. The molecule has 54 valence electrons. The summed E-state index contributed by atoms with van der Waals surface area (Å²) >= 11 is 1.21. The molecule has 0 spiro atoms. The van der Waals surface area contributed by atoms with Crippen LogP contribution in [-0.2, 0) is 24.1 Å². The zero-order valence-electron chi connectivity index (χ0n) is 6.18. The van der Waals surface area contributed by atoms with Gasteiger partial charge in [-0.3, -0.25) is 0 Å². The summed E-state index contributed by atoms with van der Waals surface area (Å²) in [6.45, 7) is 7.10. The van der Waals surface area contributed by atoms with Crippen molar-refractivity contribution in [2.24, 2.45) is 0 Å². The van der Waals surface area contributed by atoms with E-state index in [-0.39, 0.29) is 5.78 Å². The first-order chi connectivity index (χ1) is 4.57. The molecule has 0 rings (SSSR count). The van der Waals surface area contributed by atoms with Crippen LogP contribution in [0.15, 0.2) is 24.3 Å². The number of carbonyl (C=O) groups excluding carboxylic acids is 1. The summed E-state index contributed by atoms with van der Waals surface area (Å²) < 4.78 is 0.859. The molecule has 2 heteroatoms.